The van der Waals surface area contributed by atoms with E-state index in [0.717, 1.165) is 6.07 Å². The summed E-state index contributed by atoms with van der Waals surface area (Å²) >= 11 is 7.08. The summed E-state index contributed by atoms with van der Waals surface area (Å²) < 4.78 is 42.8. The first-order valence-corrected chi connectivity index (χ1v) is 7.46. The van der Waals surface area contributed by atoms with Crippen LogP contribution in [0.1, 0.15) is 5.56 Å². The first-order chi connectivity index (χ1) is 9.95. The van der Waals surface area contributed by atoms with Crippen molar-refractivity contribution < 1.29 is 13.2 Å². The summed E-state index contributed by atoms with van der Waals surface area (Å²) in [5.41, 5.74) is 1.50. The summed E-state index contributed by atoms with van der Waals surface area (Å²) in [5, 5.41) is 0. The van der Waals surface area contributed by atoms with Crippen LogP contribution in [0.15, 0.2) is 30.3 Å². The molecule has 0 aliphatic rings. The van der Waals surface area contributed by atoms with E-state index in [0.29, 0.717) is 19.4 Å². The fourth-order valence-corrected chi connectivity index (χ4v) is 2.87. The van der Waals surface area contributed by atoms with Gasteiger partial charge in [-0.05, 0) is 46.9 Å². The Morgan fingerprint density at radius 1 is 1.10 bits per heavy atom. The molecular formula is C14H8F3IN2S. The molecule has 0 fully saturated rings. The number of aromatic nitrogens is 2. The standard InChI is InChI=1S/C14H8F3IN2S/c15-8-2-1-7(9(16)3-8)6-20-13-4-10(17)11(18)5-12(13)19-14(20)21/h1-5H,6H2,(H,19,21). The van der Waals surface area contributed by atoms with Gasteiger partial charge in [0.2, 0.25) is 0 Å². The number of hydrogen-bond donors (Lipinski definition) is 1. The molecule has 0 amide bonds. The molecule has 1 N–H and O–H groups in total. The van der Waals surface area contributed by atoms with Crippen LogP contribution in [0.25, 0.3) is 11.0 Å². The average Bonchev–Trinajstić information content (AvgIpc) is 2.69. The lowest BCUT2D eigenvalue weighted by molar-refractivity contribution is 0.567. The van der Waals surface area contributed by atoms with E-state index >= 15 is 0 Å². The summed E-state index contributed by atoms with van der Waals surface area (Å²) in [6.07, 6.45) is 0. The van der Waals surface area contributed by atoms with E-state index in [2.05, 4.69) is 4.98 Å². The first kappa shape index (κ1) is 14.6. The molecule has 2 aromatic carbocycles. The van der Waals surface area contributed by atoms with Crippen molar-refractivity contribution in [2.45, 2.75) is 6.54 Å². The molecule has 0 radical (unpaired) electrons. The van der Waals surface area contributed by atoms with Gasteiger partial charge in [-0.25, -0.2) is 13.2 Å². The van der Waals surface area contributed by atoms with Gasteiger partial charge in [0, 0.05) is 17.7 Å². The van der Waals surface area contributed by atoms with Crippen LogP contribution in [0.4, 0.5) is 13.2 Å². The normalized spacial score (nSPS) is 11.2. The smallest absolute Gasteiger partial charge is 0.178 e. The van der Waals surface area contributed by atoms with Gasteiger partial charge in [0.25, 0.3) is 0 Å². The molecule has 0 saturated heterocycles. The summed E-state index contributed by atoms with van der Waals surface area (Å²) in [7, 11) is 0. The zero-order valence-electron chi connectivity index (χ0n) is 10.5. The van der Waals surface area contributed by atoms with Crippen LogP contribution in [0, 0.1) is 25.8 Å². The third kappa shape index (κ3) is 2.71. The Kier molecular flexibility index (Phi) is 3.78. The van der Waals surface area contributed by atoms with E-state index in [1.54, 1.807) is 10.6 Å². The lowest BCUT2D eigenvalue weighted by Gasteiger charge is -2.06. The lowest BCUT2D eigenvalue weighted by atomic mass is 10.2. The Hall–Kier alpha value is -1.35. The van der Waals surface area contributed by atoms with Crippen LogP contribution < -0.4 is 0 Å². The SMILES string of the molecule is Fc1ccc(Cn2c(=S)[nH]c3cc(I)c(F)cc32)c(F)c1. The van der Waals surface area contributed by atoms with Crippen LogP contribution >= 0.6 is 34.8 Å². The lowest BCUT2D eigenvalue weighted by Crippen LogP contribution is -2.02. The molecule has 0 saturated carbocycles. The molecule has 0 bridgehead atoms. The minimum atomic E-state index is -0.655. The molecule has 0 aliphatic heterocycles. The third-order valence-corrected chi connectivity index (χ3v) is 4.31. The summed E-state index contributed by atoms with van der Waals surface area (Å²) in [5.74, 6) is -1.66. The quantitative estimate of drug-likeness (QED) is 0.468. The van der Waals surface area contributed by atoms with Crippen molar-refractivity contribution in [3.05, 3.63) is 61.7 Å². The Balaban J connectivity index is 2.14. The molecule has 3 aromatic rings. The number of nitrogens with zero attached hydrogens (tertiary/aromatic N) is 1. The predicted octanol–water partition coefficient (Wildman–Crippen LogP) is 4.77. The maximum absolute atomic E-state index is 13.7. The van der Waals surface area contributed by atoms with Crippen LogP contribution in [-0.4, -0.2) is 9.55 Å². The second-order valence-electron chi connectivity index (χ2n) is 4.54. The van der Waals surface area contributed by atoms with Gasteiger partial charge in [0.15, 0.2) is 4.77 Å². The highest BCUT2D eigenvalue weighted by atomic mass is 127. The number of aromatic amines is 1. The van der Waals surface area contributed by atoms with E-state index in [9.17, 15) is 13.2 Å². The fraction of sp³-hybridized carbons (Fsp3) is 0.0714. The van der Waals surface area contributed by atoms with Gasteiger partial charge in [-0.15, -0.1) is 0 Å². The molecule has 21 heavy (non-hydrogen) atoms. The van der Waals surface area contributed by atoms with Crippen molar-refractivity contribution >= 4 is 45.8 Å². The van der Waals surface area contributed by atoms with E-state index in [-0.39, 0.29) is 17.9 Å². The summed E-state index contributed by atoms with van der Waals surface area (Å²) in [4.78, 5) is 2.96. The second kappa shape index (κ2) is 5.45. The zero-order valence-corrected chi connectivity index (χ0v) is 13.4. The molecule has 1 heterocycles. The summed E-state index contributed by atoms with van der Waals surface area (Å²) in [6.45, 7) is 0.102. The zero-order chi connectivity index (χ0) is 15.1. The number of H-pyrrole nitrogens is 1. The van der Waals surface area contributed by atoms with Gasteiger partial charge in [-0.2, -0.15) is 0 Å². The number of benzene rings is 2. The monoisotopic (exact) mass is 420 g/mol. The number of fused-ring (bicyclic) bond motifs is 1. The molecule has 7 heteroatoms. The van der Waals surface area contributed by atoms with Crippen molar-refractivity contribution in [3.63, 3.8) is 0 Å². The van der Waals surface area contributed by atoms with Crippen molar-refractivity contribution in [2.75, 3.05) is 0 Å². The third-order valence-electron chi connectivity index (χ3n) is 3.16. The predicted molar refractivity (Wildman–Crippen MR) is 85.3 cm³/mol. The number of halogens is 4. The topological polar surface area (TPSA) is 20.7 Å². The molecule has 0 aliphatic carbocycles. The largest absolute Gasteiger partial charge is 0.331 e. The van der Waals surface area contributed by atoms with Crippen molar-refractivity contribution in [1.82, 2.24) is 9.55 Å². The van der Waals surface area contributed by atoms with Crippen molar-refractivity contribution in [2.24, 2.45) is 0 Å². The van der Waals surface area contributed by atoms with Crippen molar-refractivity contribution in [3.8, 4) is 0 Å². The fourth-order valence-electron chi connectivity index (χ4n) is 2.13. The van der Waals surface area contributed by atoms with Crippen LogP contribution in [0.3, 0.4) is 0 Å². The highest BCUT2D eigenvalue weighted by Crippen LogP contribution is 2.22. The molecular weight excluding hydrogens is 412 g/mol. The number of rotatable bonds is 2. The van der Waals surface area contributed by atoms with Crippen LogP contribution in [0.5, 0.6) is 0 Å². The van der Waals surface area contributed by atoms with Gasteiger partial charge in [-0.1, -0.05) is 6.07 Å². The number of hydrogen-bond acceptors (Lipinski definition) is 1. The minimum Gasteiger partial charge on any atom is -0.331 e. The maximum atomic E-state index is 13.7. The van der Waals surface area contributed by atoms with E-state index < -0.39 is 11.6 Å². The molecule has 0 atom stereocenters. The summed E-state index contributed by atoms with van der Waals surface area (Å²) in [6, 6.07) is 6.34. The molecule has 2 nitrogen and oxygen atoms in total. The second-order valence-corrected chi connectivity index (χ2v) is 6.08. The highest BCUT2D eigenvalue weighted by Gasteiger charge is 2.11. The molecule has 3 rings (SSSR count). The molecule has 1 aromatic heterocycles. The Morgan fingerprint density at radius 3 is 2.57 bits per heavy atom. The molecule has 108 valence electrons. The Labute approximate surface area is 136 Å². The number of imidazole rings is 1. The highest BCUT2D eigenvalue weighted by molar-refractivity contribution is 14.1. The van der Waals surface area contributed by atoms with Gasteiger partial charge in [0.05, 0.1) is 21.1 Å². The van der Waals surface area contributed by atoms with E-state index in [4.69, 9.17) is 12.2 Å². The Bertz CT molecular complexity index is 901. The maximum Gasteiger partial charge on any atom is 0.178 e. The van der Waals surface area contributed by atoms with Crippen LogP contribution in [0.2, 0.25) is 0 Å². The molecule has 0 unspecified atom stereocenters. The van der Waals surface area contributed by atoms with E-state index in [1.807, 2.05) is 22.6 Å². The van der Waals surface area contributed by atoms with Gasteiger partial charge in [-0.3, -0.25) is 0 Å². The number of nitrogens with one attached hydrogen (secondary N) is 1. The molecule has 0 spiro atoms. The van der Waals surface area contributed by atoms with Crippen molar-refractivity contribution in [1.29, 1.82) is 0 Å². The van der Waals surface area contributed by atoms with Gasteiger partial charge >= 0.3 is 0 Å². The van der Waals surface area contributed by atoms with E-state index in [1.165, 1.54) is 18.2 Å². The average molecular weight is 420 g/mol. The van der Waals surface area contributed by atoms with Crippen LogP contribution in [-0.2, 0) is 6.54 Å². The minimum absolute atomic E-state index is 0.102. The van der Waals surface area contributed by atoms with Gasteiger partial charge in [0.1, 0.15) is 17.5 Å². The van der Waals surface area contributed by atoms with Gasteiger partial charge < -0.3 is 9.55 Å². The Morgan fingerprint density at radius 2 is 1.86 bits per heavy atom. The first-order valence-electron chi connectivity index (χ1n) is 5.97.